The summed E-state index contributed by atoms with van der Waals surface area (Å²) in [7, 11) is 0. The molecule has 0 aromatic heterocycles. The molecule has 4 nitrogen and oxygen atoms in total. The summed E-state index contributed by atoms with van der Waals surface area (Å²) in [5, 5.41) is 0. The summed E-state index contributed by atoms with van der Waals surface area (Å²) in [6, 6.07) is 16.6. The Bertz CT molecular complexity index is 727. The van der Waals surface area contributed by atoms with Gasteiger partial charge in [-0.2, -0.15) is 0 Å². The fourth-order valence-corrected chi connectivity index (χ4v) is 3.44. The molecule has 2 N–H and O–H groups in total. The lowest BCUT2D eigenvalue weighted by molar-refractivity contribution is 0.0212. The Labute approximate surface area is 160 Å². The minimum absolute atomic E-state index is 0.0334. The van der Waals surface area contributed by atoms with Gasteiger partial charge in [-0.1, -0.05) is 60.2 Å². The number of hydrogen-bond acceptors (Lipinski definition) is 4. The normalized spacial score (nSPS) is 18.2. The summed E-state index contributed by atoms with van der Waals surface area (Å²) in [6.45, 7) is 5.90. The average molecular weight is 369 g/mol. The van der Waals surface area contributed by atoms with Crippen molar-refractivity contribution in [1.82, 2.24) is 9.80 Å². The smallest absolute Gasteiger partial charge is 0.179 e. The fourth-order valence-electron chi connectivity index (χ4n) is 3.44. The second-order valence-electron chi connectivity index (χ2n) is 7.30. The van der Waals surface area contributed by atoms with Crippen molar-refractivity contribution in [1.29, 1.82) is 0 Å². The van der Waals surface area contributed by atoms with Gasteiger partial charge in [0.2, 0.25) is 0 Å². The van der Waals surface area contributed by atoms with E-state index in [9.17, 15) is 9.18 Å². The van der Waals surface area contributed by atoms with Gasteiger partial charge in [-0.25, -0.2) is 4.39 Å². The van der Waals surface area contributed by atoms with E-state index in [0.29, 0.717) is 18.7 Å². The molecule has 27 heavy (non-hydrogen) atoms. The van der Waals surface area contributed by atoms with Crippen molar-refractivity contribution in [2.24, 2.45) is 5.73 Å². The molecular weight excluding hydrogens is 341 g/mol. The zero-order valence-electron chi connectivity index (χ0n) is 15.9. The van der Waals surface area contributed by atoms with E-state index >= 15 is 0 Å². The van der Waals surface area contributed by atoms with Crippen LogP contribution in [0.4, 0.5) is 4.39 Å². The van der Waals surface area contributed by atoms with Crippen molar-refractivity contribution < 1.29 is 9.18 Å². The molecule has 1 saturated heterocycles. The minimum atomic E-state index is -1.19. The molecule has 144 valence electrons. The summed E-state index contributed by atoms with van der Waals surface area (Å²) in [5.41, 5.74) is 9.05. The van der Waals surface area contributed by atoms with Crippen LogP contribution in [-0.2, 0) is 6.54 Å². The number of alkyl halides is 1. The van der Waals surface area contributed by atoms with Gasteiger partial charge in [0, 0.05) is 44.7 Å². The average Bonchev–Trinajstić information content (AvgIpc) is 2.70. The number of piperazine rings is 1. The SMILES string of the molecule is Cc1ccc(CN2CCN(C(F)CC(N)C(=O)c3ccccc3)CC2)cc1. The standard InChI is InChI=1S/C22H28FN3O/c1-17-7-9-18(10-8-17)16-25-11-13-26(14-12-25)21(23)15-20(24)22(27)19-5-3-2-4-6-19/h2-10,20-21H,11-16,24H2,1H3. The molecule has 1 aliphatic heterocycles. The molecule has 2 atom stereocenters. The Hall–Kier alpha value is -2.08. The second-order valence-corrected chi connectivity index (χ2v) is 7.30. The van der Waals surface area contributed by atoms with E-state index < -0.39 is 12.3 Å². The first-order valence-electron chi connectivity index (χ1n) is 9.54. The van der Waals surface area contributed by atoms with Gasteiger partial charge >= 0.3 is 0 Å². The van der Waals surface area contributed by atoms with Crippen molar-refractivity contribution in [3.05, 3.63) is 71.3 Å². The van der Waals surface area contributed by atoms with Gasteiger partial charge in [-0.3, -0.25) is 14.6 Å². The molecule has 2 aromatic carbocycles. The zero-order chi connectivity index (χ0) is 19.2. The lowest BCUT2D eigenvalue weighted by Crippen LogP contribution is -2.50. The molecule has 0 spiro atoms. The molecule has 0 radical (unpaired) electrons. The van der Waals surface area contributed by atoms with Crippen molar-refractivity contribution >= 4 is 5.78 Å². The molecule has 2 aromatic rings. The van der Waals surface area contributed by atoms with Crippen LogP contribution in [0.15, 0.2) is 54.6 Å². The third-order valence-corrected chi connectivity index (χ3v) is 5.17. The molecule has 3 rings (SSSR count). The zero-order valence-corrected chi connectivity index (χ0v) is 15.9. The number of halogens is 1. The Morgan fingerprint density at radius 3 is 2.30 bits per heavy atom. The highest BCUT2D eigenvalue weighted by Crippen LogP contribution is 2.16. The van der Waals surface area contributed by atoms with Gasteiger partial charge in [0.1, 0.15) is 0 Å². The van der Waals surface area contributed by atoms with Gasteiger partial charge in [0.15, 0.2) is 12.1 Å². The molecular formula is C22H28FN3O. The van der Waals surface area contributed by atoms with Gasteiger partial charge in [-0.05, 0) is 12.5 Å². The maximum absolute atomic E-state index is 14.7. The molecule has 0 aliphatic carbocycles. The highest BCUT2D eigenvalue weighted by Gasteiger charge is 2.27. The molecule has 5 heteroatoms. The van der Waals surface area contributed by atoms with Gasteiger partial charge in [0.05, 0.1) is 6.04 Å². The summed E-state index contributed by atoms with van der Waals surface area (Å²) in [4.78, 5) is 16.5. The van der Waals surface area contributed by atoms with E-state index in [1.807, 2.05) is 6.07 Å². The largest absolute Gasteiger partial charge is 0.321 e. The third kappa shape index (κ3) is 5.45. The molecule has 1 heterocycles. The number of ketones is 1. The summed E-state index contributed by atoms with van der Waals surface area (Å²) >= 11 is 0. The first kappa shape index (κ1) is 19.7. The van der Waals surface area contributed by atoms with Gasteiger partial charge < -0.3 is 5.73 Å². The van der Waals surface area contributed by atoms with Crippen LogP contribution < -0.4 is 5.73 Å². The fraction of sp³-hybridized carbons (Fsp3) is 0.409. The van der Waals surface area contributed by atoms with Crippen LogP contribution in [0, 0.1) is 6.92 Å². The van der Waals surface area contributed by atoms with E-state index in [0.717, 1.165) is 19.6 Å². The predicted octanol–water partition coefficient (Wildman–Crippen LogP) is 3.01. The Morgan fingerprint density at radius 2 is 1.67 bits per heavy atom. The monoisotopic (exact) mass is 369 g/mol. The molecule has 0 amide bonds. The van der Waals surface area contributed by atoms with E-state index in [1.165, 1.54) is 11.1 Å². The summed E-state index contributed by atoms with van der Waals surface area (Å²) < 4.78 is 14.7. The van der Waals surface area contributed by atoms with Crippen molar-refractivity contribution in [3.8, 4) is 0 Å². The number of nitrogens with zero attached hydrogens (tertiary/aromatic N) is 2. The molecule has 0 bridgehead atoms. The third-order valence-electron chi connectivity index (χ3n) is 5.17. The van der Waals surface area contributed by atoms with E-state index in [-0.39, 0.29) is 12.2 Å². The second kappa shape index (κ2) is 9.22. The lowest BCUT2D eigenvalue weighted by atomic mass is 10.0. The molecule has 1 aliphatic rings. The number of aryl methyl sites for hydroxylation is 1. The maximum atomic E-state index is 14.7. The number of nitrogens with two attached hydrogens (primary N) is 1. The summed E-state index contributed by atoms with van der Waals surface area (Å²) in [5.74, 6) is -0.198. The van der Waals surface area contributed by atoms with E-state index in [2.05, 4.69) is 36.1 Å². The van der Waals surface area contributed by atoms with Crippen LogP contribution in [0.3, 0.4) is 0 Å². The van der Waals surface area contributed by atoms with Crippen LogP contribution in [0.1, 0.15) is 27.9 Å². The Kier molecular flexibility index (Phi) is 6.72. The van der Waals surface area contributed by atoms with Crippen LogP contribution in [0.25, 0.3) is 0 Å². The number of hydrogen-bond donors (Lipinski definition) is 1. The number of carbonyl (C=O) groups is 1. The first-order valence-corrected chi connectivity index (χ1v) is 9.54. The highest BCUT2D eigenvalue weighted by atomic mass is 19.1. The van der Waals surface area contributed by atoms with Crippen LogP contribution in [-0.4, -0.2) is 54.1 Å². The van der Waals surface area contributed by atoms with Crippen LogP contribution in [0.2, 0.25) is 0 Å². The van der Waals surface area contributed by atoms with Crippen molar-refractivity contribution in [3.63, 3.8) is 0 Å². The predicted molar refractivity (Wildman–Crippen MR) is 106 cm³/mol. The molecule has 2 unspecified atom stereocenters. The van der Waals surface area contributed by atoms with Crippen LogP contribution in [0.5, 0.6) is 0 Å². The maximum Gasteiger partial charge on any atom is 0.179 e. The molecule has 1 fully saturated rings. The van der Waals surface area contributed by atoms with Crippen molar-refractivity contribution in [2.75, 3.05) is 26.2 Å². The number of Topliss-reactive ketones (excluding diaryl/α,β-unsaturated/α-hetero) is 1. The van der Waals surface area contributed by atoms with E-state index in [4.69, 9.17) is 5.73 Å². The number of benzene rings is 2. The van der Waals surface area contributed by atoms with Gasteiger partial charge in [0.25, 0.3) is 0 Å². The minimum Gasteiger partial charge on any atom is -0.321 e. The highest BCUT2D eigenvalue weighted by molar-refractivity contribution is 5.99. The topological polar surface area (TPSA) is 49.6 Å². The van der Waals surface area contributed by atoms with Crippen LogP contribution >= 0.6 is 0 Å². The lowest BCUT2D eigenvalue weighted by Gasteiger charge is -2.36. The van der Waals surface area contributed by atoms with Gasteiger partial charge in [-0.15, -0.1) is 0 Å². The number of rotatable bonds is 7. The number of carbonyl (C=O) groups excluding carboxylic acids is 1. The quantitative estimate of drug-likeness (QED) is 0.602. The summed E-state index contributed by atoms with van der Waals surface area (Å²) in [6.07, 6.45) is -1.15. The Balaban J connectivity index is 1.46. The van der Waals surface area contributed by atoms with Crippen molar-refractivity contribution in [2.45, 2.75) is 32.2 Å². The molecule has 0 saturated carbocycles. The first-order chi connectivity index (χ1) is 13.0. The Morgan fingerprint density at radius 1 is 1.04 bits per heavy atom. The van der Waals surface area contributed by atoms with E-state index in [1.54, 1.807) is 29.2 Å².